The summed E-state index contributed by atoms with van der Waals surface area (Å²) >= 11 is 0. The van der Waals surface area contributed by atoms with Gasteiger partial charge in [-0.25, -0.2) is 4.79 Å². The Kier molecular flexibility index (Phi) is 4.56. The van der Waals surface area contributed by atoms with Crippen molar-refractivity contribution in [3.8, 4) is 0 Å². The van der Waals surface area contributed by atoms with Crippen molar-refractivity contribution < 1.29 is 23.9 Å². The third kappa shape index (κ3) is 4.06. The van der Waals surface area contributed by atoms with Gasteiger partial charge in [0.05, 0.1) is 6.54 Å². The van der Waals surface area contributed by atoms with Gasteiger partial charge in [0, 0.05) is 17.2 Å². The summed E-state index contributed by atoms with van der Waals surface area (Å²) in [5.41, 5.74) is 1.05. The van der Waals surface area contributed by atoms with Crippen molar-refractivity contribution in [2.75, 3.05) is 5.32 Å². The van der Waals surface area contributed by atoms with Crippen LogP contribution in [0.4, 0.5) is 5.69 Å². The Morgan fingerprint density at radius 2 is 2.00 bits per heavy atom. The Morgan fingerprint density at radius 3 is 2.64 bits per heavy atom. The number of aryl methyl sites for hydroxylation is 1. The molecule has 0 unspecified atom stereocenters. The fraction of sp³-hybridized carbons (Fsp3) is 0.278. The molecule has 0 saturated heterocycles. The minimum Gasteiger partial charge on any atom is -0.478 e. The number of anilines is 1. The molecule has 0 bridgehead atoms. The van der Waals surface area contributed by atoms with Crippen LogP contribution in [0.5, 0.6) is 0 Å². The standard InChI is InChI=1S/C18H18N2O5/c1-10-15(18(23)24)8-14(25-10)9-19-16(21)12-3-2-4-13(7-12)20-17(22)11-5-6-11/h2-4,7-8,11H,5-6,9H2,1H3,(H,19,21)(H,20,22)(H,23,24). The molecule has 0 atom stereocenters. The van der Waals surface area contributed by atoms with Crippen molar-refractivity contribution in [3.63, 3.8) is 0 Å². The SMILES string of the molecule is Cc1oc(CNC(=O)c2cccc(NC(=O)C3CC3)c2)cc1C(=O)O. The van der Waals surface area contributed by atoms with Crippen molar-refractivity contribution in [2.24, 2.45) is 5.92 Å². The van der Waals surface area contributed by atoms with Crippen LogP contribution >= 0.6 is 0 Å². The molecule has 0 aliphatic heterocycles. The first kappa shape index (κ1) is 16.8. The van der Waals surface area contributed by atoms with Gasteiger partial charge in [0.15, 0.2) is 0 Å². The van der Waals surface area contributed by atoms with E-state index in [0.29, 0.717) is 22.8 Å². The van der Waals surface area contributed by atoms with E-state index in [1.807, 2.05) is 0 Å². The highest BCUT2D eigenvalue weighted by Crippen LogP contribution is 2.30. The second-order valence-electron chi connectivity index (χ2n) is 6.01. The number of carbonyl (C=O) groups excluding carboxylic acids is 2. The molecule has 0 spiro atoms. The molecule has 7 heteroatoms. The van der Waals surface area contributed by atoms with Crippen molar-refractivity contribution in [1.82, 2.24) is 5.32 Å². The van der Waals surface area contributed by atoms with Crippen molar-refractivity contribution in [3.05, 3.63) is 53.0 Å². The summed E-state index contributed by atoms with van der Waals surface area (Å²) in [7, 11) is 0. The van der Waals surface area contributed by atoms with Crippen LogP contribution in [0.15, 0.2) is 34.7 Å². The van der Waals surface area contributed by atoms with E-state index in [1.54, 1.807) is 31.2 Å². The van der Waals surface area contributed by atoms with E-state index in [1.165, 1.54) is 6.07 Å². The number of aromatic carboxylic acids is 1. The summed E-state index contributed by atoms with van der Waals surface area (Å²) in [5.74, 6) is -0.692. The zero-order valence-electron chi connectivity index (χ0n) is 13.7. The number of nitrogens with one attached hydrogen (secondary N) is 2. The lowest BCUT2D eigenvalue weighted by Gasteiger charge is -2.07. The maximum absolute atomic E-state index is 12.2. The average molecular weight is 342 g/mol. The lowest BCUT2D eigenvalue weighted by Crippen LogP contribution is -2.23. The van der Waals surface area contributed by atoms with Crippen LogP contribution in [-0.4, -0.2) is 22.9 Å². The summed E-state index contributed by atoms with van der Waals surface area (Å²) in [5, 5.41) is 14.5. The molecule has 3 N–H and O–H groups in total. The predicted octanol–water partition coefficient (Wildman–Crippen LogP) is 2.56. The number of furan rings is 1. The van der Waals surface area contributed by atoms with Crippen LogP contribution < -0.4 is 10.6 Å². The minimum atomic E-state index is -1.07. The number of carbonyl (C=O) groups is 3. The molecule has 1 fully saturated rings. The molecule has 1 saturated carbocycles. The molecular weight excluding hydrogens is 324 g/mol. The van der Waals surface area contributed by atoms with Gasteiger partial charge < -0.3 is 20.2 Å². The monoisotopic (exact) mass is 342 g/mol. The van der Waals surface area contributed by atoms with Crippen LogP contribution in [-0.2, 0) is 11.3 Å². The lowest BCUT2D eigenvalue weighted by atomic mass is 10.2. The van der Waals surface area contributed by atoms with Crippen LogP contribution in [0.2, 0.25) is 0 Å². The number of benzene rings is 1. The fourth-order valence-corrected chi connectivity index (χ4v) is 2.44. The third-order valence-corrected chi connectivity index (χ3v) is 3.96. The number of amides is 2. The number of hydrogen-bond donors (Lipinski definition) is 3. The number of carboxylic acid groups (broad SMARTS) is 1. The van der Waals surface area contributed by atoms with Gasteiger partial charge in [-0.15, -0.1) is 0 Å². The van der Waals surface area contributed by atoms with Gasteiger partial charge in [-0.3, -0.25) is 9.59 Å². The number of carboxylic acids is 1. The number of hydrogen-bond acceptors (Lipinski definition) is 4. The summed E-state index contributed by atoms with van der Waals surface area (Å²) in [4.78, 5) is 35.0. The van der Waals surface area contributed by atoms with Gasteiger partial charge in [0.25, 0.3) is 5.91 Å². The van der Waals surface area contributed by atoms with E-state index in [9.17, 15) is 14.4 Å². The molecule has 7 nitrogen and oxygen atoms in total. The molecule has 25 heavy (non-hydrogen) atoms. The molecule has 2 aromatic rings. The smallest absolute Gasteiger partial charge is 0.339 e. The first-order valence-electron chi connectivity index (χ1n) is 7.96. The highest BCUT2D eigenvalue weighted by atomic mass is 16.4. The van der Waals surface area contributed by atoms with E-state index in [0.717, 1.165) is 12.8 Å². The molecule has 1 aromatic carbocycles. The molecule has 1 aliphatic carbocycles. The van der Waals surface area contributed by atoms with Crippen LogP contribution in [0.3, 0.4) is 0 Å². The van der Waals surface area contributed by atoms with Gasteiger partial charge in [0.2, 0.25) is 5.91 Å². The second kappa shape index (κ2) is 6.80. The van der Waals surface area contributed by atoms with Crippen molar-refractivity contribution in [1.29, 1.82) is 0 Å². The van der Waals surface area contributed by atoms with Gasteiger partial charge >= 0.3 is 5.97 Å². The highest BCUT2D eigenvalue weighted by Gasteiger charge is 2.29. The Hall–Kier alpha value is -3.09. The maximum Gasteiger partial charge on any atom is 0.339 e. The van der Waals surface area contributed by atoms with Crippen LogP contribution in [0.1, 0.15) is 45.1 Å². The Bertz CT molecular complexity index is 836. The summed E-state index contributed by atoms with van der Waals surface area (Å²) in [6.45, 7) is 1.63. The molecule has 0 radical (unpaired) electrons. The normalized spacial score (nSPS) is 13.3. The number of rotatable bonds is 6. The molecule has 1 aliphatic rings. The third-order valence-electron chi connectivity index (χ3n) is 3.96. The summed E-state index contributed by atoms with van der Waals surface area (Å²) in [6, 6.07) is 8.05. The Balaban J connectivity index is 1.62. The van der Waals surface area contributed by atoms with E-state index < -0.39 is 5.97 Å². The molecule has 2 amide bonds. The quantitative estimate of drug-likeness (QED) is 0.747. The first-order valence-corrected chi connectivity index (χ1v) is 7.96. The molecular formula is C18H18N2O5. The predicted molar refractivity (Wildman–Crippen MR) is 89.4 cm³/mol. The second-order valence-corrected chi connectivity index (χ2v) is 6.01. The minimum absolute atomic E-state index is 0.0233. The fourth-order valence-electron chi connectivity index (χ4n) is 2.44. The van der Waals surface area contributed by atoms with Crippen molar-refractivity contribution >= 4 is 23.5 Å². The van der Waals surface area contributed by atoms with Gasteiger partial charge in [-0.05, 0) is 44.0 Å². The zero-order valence-corrected chi connectivity index (χ0v) is 13.7. The maximum atomic E-state index is 12.2. The van der Waals surface area contributed by atoms with Crippen LogP contribution in [0.25, 0.3) is 0 Å². The van der Waals surface area contributed by atoms with E-state index in [4.69, 9.17) is 9.52 Å². The molecule has 130 valence electrons. The largest absolute Gasteiger partial charge is 0.478 e. The van der Waals surface area contributed by atoms with Gasteiger partial charge in [-0.1, -0.05) is 6.07 Å². The van der Waals surface area contributed by atoms with E-state index >= 15 is 0 Å². The Morgan fingerprint density at radius 1 is 1.24 bits per heavy atom. The Labute approximate surface area is 144 Å². The molecule has 1 heterocycles. The van der Waals surface area contributed by atoms with Crippen molar-refractivity contribution in [2.45, 2.75) is 26.3 Å². The summed E-state index contributed by atoms with van der Waals surface area (Å²) in [6.07, 6.45) is 1.82. The van der Waals surface area contributed by atoms with Gasteiger partial charge in [0.1, 0.15) is 17.1 Å². The summed E-state index contributed by atoms with van der Waals surface area (Å²) < 4.78 is 5.32. The van der Waals surface area contributed by atoms with Crippen LogP contribution in [0, 0.1) is 12.8 Å². The molecule has 1 aromatic heterocycles. The zero-order chi connectivity index (χ0) is 18.0. The highest BCUT2D eigenvalue weighted by molar-refractivity contribution is 5.98. The van der Waals surface area contributed by atoms with Gasteiger partial charge in [-0.2, -0.15) is 0 Å². The van der Waals surface area contributed by atoms with E-state index in [2.05, 4.69) is 10.6 Å². The van der Waals surface area contributed by atoms with E-state index in [-0.39, 0.29) is 29.8 Å². The lowest BCUT2D eigenvalue weighted by molar-refractivity contribution is -0.117. The molecule has 3 rings (SSSR count). The topological polar surface area (TPSA) is 109 Å². The first-order chi connectivity index (χ1) is 11.9. The average Bonchev–Trinajstić information content (AvgIpc) is 3.36.